The molecule has 1 aliphatic rings. The first kappa shape index (κ1) is 22.6. The zero-order valence-corrected chi connectivity index (χ0v) is 18.2. The van der Waals surface area contributed by atoms with Gasteiger partial charge in [-0.2, -0.15) is 0 Å². The van der Waals surface area contributed by atoms with Crippen LogP contribution in [0.4, 0.5) is 17.2 Å². The topological polar surface area (TPSA) is 112 Å². The lowest BCUT2D eigenvalue weighted by atomic mass is 10.1. The fraction of sp³-hybridized carbons (Fsp3) is 0.500. The molecule has 2 aromatic rings. The summed E-state index contributed by atoms with van der Waals surface area (Å²) < 4.78 is 7.38. The molecule has 9 heteroatoms. The fourth-order valence-corrected chi connectivity index (χ4v) is 3.82. The molecular weight excluding hydrogens is 398 g/mol. The number of aromatic nitrogens is 2. The summed E-state index contributed by atoms with van der Waals surface area (Å²) in [6.07, 6.45) is 3.89. The van der Waals surface area contributed by atoms with Crippen LogP contribution in [-0.4, -0.2) is 41.8 Å². The Bertz CT molecular complexity index is 1020. The Kier molecular flexibility index (Phi) is 7.51. The van der Waals surface area contributed by atoms with Crippen LogP contribution in [0.5, 0.6) is 0 Å². The van der Waals surface area contributed by atoms with Gasteiger partial charge in [-0.15, -0.1) is 0 Å². The van der Waals surface area contributed by atoms with Crippen molar-refractivity contribution in [3.63, 3.8) is 0 Å². The van der Waals surface area contributed by atoms with Crippen LogP contribution >= 0.6 is 0 Å². The van der Waals surface area contributed by atoms with Gasteiger partial charge >= 0.3 is 5.69 Å². The second-order valence-electron chi connectivity index (χ2n) is 7.70. The summed E-state index contributed by atoms with van der Waals surface area (Å²) in [6.45, 7) is 3.51. The molecule has 3 N–H and O–H groups in total. The first-order valence-corrected chi connectivity index (χ1v) is 10.7. The molecule has 2 heterocycles. The van der Waals surface area contributed by atoms with E-state index < -0.39 is 17.2 Å². The van der Waals surface area contributed by atoms with E-state index in [4.69, 9.17) is 10.5 Å². The van der Waals surface area contributed by atoms with E-state index >= 15 is 0 Å². The number of nitrogens with zero attached hydrogens (tertiary/aromatic N) is 3. The van der Waals surface area contributed by atoms with Crippen LogP contribution in [0.1, 0.15) is 31.7 Å². The molecule has 31 heavy (non-hydrogen) atoms. The monoisotopic (exact) mass is 429 g/mol. The molecule has 1 fully saturated rings. The van der Waals surface area contributed by atoms with Crippen molar-refractivity contribution in [3.05, 3.63) is 50.7 Å². The second kappa shape index (κ2) is 10.3. The second-order valence-corrected chi connectivity index (χ2v) is 7.70. The van der Waals surface area contributed by atoms with Crippen molar-refractivity contribution >= 4 is 23.1 Å². The molecule has 9 nitrogen and oxygen atoms in total. The van der Waals surface area contributed by atoms with Crippen molar-refractivity contribution in [2.75, 3.05) is 42.8 Å². The first-order chi connectivity index (χ1) is 15.0. The van der Waals surface area contributed by atoms with Crippen molar-refractivity contribution in [1.29, 1.82) is 0 Å². The van der Waals surface area contributed by atoms with Gasteiger partial charge in [0.05, 0.1) is 13.2 Å². The normalized spacial score (nSPS) is 13.9. The zero-order chi connectivity index (χ0) is 22.4. The van der Waals surface area contributed by atoms with Crippen molar-refractivity contribution in [2.45, 2.75) is 45.7 Å². The maximum Gasteiger partial charge on any atom is 0.333 e. The van der Waals surface area contributed by atoms with Crippen LogP contribution in [-0.2, 0) is 29.0 Å². The Labute approximate surface area is 181 Å². The zero-order valence-electron chi connectivity index (χ0n) is 18.2. The molecule has 0 saturated carbocycles. The van der Waals surface area contributed by atoms with Gasteiger partial charge < -0.3 is 20.7 Å². The van der Waals surface area contributed by atoms with Crippen molar-refractivity contribution in [2.24, 2.45) is 0 Å². The summed E-state index contributed by atoms with van der Waals surface area (Å²) in [5, 5.41) is 2.76. The molecule has 1 aromatic heterocycles. The minimum Gasteiger partial charge on any atom is -0.383 e. The third-order valence-electron chi connectivity index (χ3n) is 5.58. The summed E-state index contributed by atoms with van der Waals surface area (Å²) in [7, 11) is 1.53. The minimum atomic E-state index is -0.614. The average Bonchev–Trinajstić information content (AvgIpc) is 2.78. The third kappa shape index (κ3) is 5.16. The number of anilines is 3. The number of nitrogens with one attached hydrogen (secondary N) is 1. The Morgan fingerprint density at radius 2 is 1.77 bits per heavy atom. The molecule has 0 spiro atoms. The number of nitrogens with two attached hydrogens (primary N) is 1. The number of carbonyl (C=O) groups is 1. The number of carbonyl (C=O) groups excluding carboxylic acids is 1. The average molecular weight is 430 g/mol. The van der Waals surface area contributed by atoms with E-state index in [1.165, 1.54) is 11.7 Å². The molecule has 1 saturated heterocycles. The Hall–Kier alpha value is -3.07. The van der Waals surface area contributed by atoms with Gasteiger partial charge in [0.2, 0.25) is 5.91 Å². The molecule has 3 rings (SSSR count). The number of hydrogen-bond donors (Lipinski definition) is 2. The molecule has 0 aliphatic carbocycles. The highest BCUT2D eigenvalue weighted by Gasteiger charge is 2.24. The fourth-order valence-electron chi connectivity index (χ4n) is 3.82. The van der Waals surface area contributed by atoms with Crippen molar-refractivity contribution in [3.8, 4) is 0 Å². The van der Waals surface area contributed by atoms with E-state index in [-0.39, 0.29) is 31.2 Å². The number of piperidine rings is 1. The molecule has 1 aliphatic heterocycles. The quantitative estimate of drug-likeness (QED) is 0.657. The minimum absolute atomic E-state index is 0.126. The number of rotatable bonds is 8. The highest BCUT2D eigenvalue weighted by atomic mass is 16.5. The number of methoxy groups -OCH3 is 1. The molecule has 1 amide bonds. The lowest BCUT2D eigenvalue weighted by Gasteiger charge is -2.30. The van der Waals surface area contributed by atoms with E-state index in [0.29, 0.717) is 18.8 Å². The number of nitrogen functional groups attached to an aromatic ring is 1. The van der Waals surface area contributed by atoms with Gasteiger partial charge in [0.1, 0.15) is 18.1 Å². The van der Waals surface area contributed by atoms with Crippen LogP contribution in [0.2, 0.25) is 0 Å². The molecule has 1 aromatic carbocycles. The third-order valence-corrected chi connectivity index (χ3v) is 5.58. The van der Waals surface area contributed by atoms with E-state index in [2.05, 4.69) is 12.2 Å². The maximum absolute atomic E-state index is 13.2. The highest BCUT2D eigenvalue weighted by molar-refractivity contribution is 5.90. The van der Waals surface area contributed by atoms with E-state index in [1.807, 2.05) is 17.0 Å². The van der Waals surface area contributed by atoms with E-state index in [9.17, 15) is 14.4 Å². The number of amides is 1. The maximum atomic E-state index is 13.2. The van der Waals surface area contributed by atoms with Crippen LogP contribution in [0.15, 0.2) is 33.9 Å². The SMILES string of the molecule is CCc1ccc(NC(=O)Cn2c(=O)c(N3CCCCC3)c(N)n(CCOC)c2=O)cc1. The van der Waals surface area contributed by atoms with Gasteiger partial charge in [-0.25, -0.2) is 9.36 Å². The lowest BCUT2D eigenvalue weighted by Crippen LogP contribution is -2.47. The molecule has 0 unspecified atom stereocenters. The summed E-state index contributed by atoms with van der Waals surface area (Å²) in [5.74, 6) is -0.322. The van der Waals surface area contributed by atoms with E-state index in [1.54, 1.807) is 12.1 Å². The summed E-state index contributed by atoms with van der Waals surface area (Å²) in [6, 6.07) is 7.46. The molecule has 0 bridgehead atoms. The summed E-state index contributed by atoms with van der Waals surface area (Å²) in [4.78, 5) is 40.8. The number of ether oxygens (including phenoxy) is 1. The number of aryl methyl sites for hydroxylation is 1. The summed E-state index contributed by atoms with van der Waals surface area (Å²) >= 11 is 0. The first-order valence-electron chi connectivity index (χ1n) is 10.7. The van der Waals surface area contributed by atoms with Gasteiger partial charge in [-0.1, -0.05) is 19.1 Å². The van der Waals surface area contributed by atoms with Gasteiger partial charge in [0.25, 0.3) is 5.56 Å². The summed E-state index contributed by atoms with van der Waals surface area (Å²) in [5.41, 5.74) is 7.17. The highest BCUT2D eigenvalue weighted by Crippen LogP contribution is 2.21. The van der Waals surface area contributed by atoms with Crippen LogP contribution in [0.25, 0.3) is 0 Å². The van der Waals surface area contributed by atoms with Gasteiger partial charge in [0, 0.05) is 25.9 Å². The molecule has 0 atom stereocenters. The van der Waals surface area contributed by atoms with Gasteiger partial charge in [0.15, 0.2) is 0 Å². The number of hydrogen-bond acceptors (Lipinski definition) is 6. The van der Waals surface area contributed by atoms with Gasteiger partial charge in [-0.05, 0) is 43.4 Å². The van der Waals surface area contributed by atoms with Crippen molar-refractivity contribution in [1.82, 2.24) is 9.13 Å². The number of benzene rings is 1. The van der Waals surface area contributed by atoms with Crippen molar-refractivity contribution < 1.29 is 9.53 Å². The Morgan fingerprint density at radius 1 is 1.10 bits per heavy atom. The molecule has 168 valence electrons. The predicted molar refractivity (Wildman–Crippen MR) is 122 cm³/mol. The predicted octanol–water partition coefficient (Wildman–Crippen LogP) is 1.43. The standard InChI is InChI=1S/C22H31N5O4/c1-3-16-7-9-17(10-8-16)24-18(28)15-27-21(29)19(25-11-5-4-6-12-25)20(23)26(22(27)30)13-14-31-2/h7-10H,3-6,11-15,23H2,1-2H3,(H,24,28). The Balaban J connectivity index is 1.94. The van der Waals surface area contributed by atoms with E-state index in [0.717, 1.165) is 35.8 Å². The largest absolute Gasteiger partial charge is 0.383 e. The van der Waals surface area contributed by atoms with Crippen LogP contribution in [0.3, 0.4) is 0 Å². The molecular formula is C22H31N5O4. The van der Waals surface area contributed by atoms with Crippen LogP contribution < -0.4 is 27.2 Å². The van der Waals surface area contributed by atoms with Gasteiger partial charge in [-0.3, -0.25) is 14.2 Å². The lowest BCUT2D eigenvalue weighted by molar-refractivity contribution is -0.116. The molecule has 0 radical (unpaired) electrons. The van der Waals surface area contributed by atoms with Crippen LogP contribution in [0, 0.1) is 0 Å². The Morgan fingerprint density at radius 3 is 2.39 bits per heavy atom. The smallest absolute Gasteiger partial charge is 0.333 e.